The summed E-state index contributed by atoms with van der Waals surface area (Å²) in [5.74, 6) is -0.371. The van der Waals surface area contributed by atoms with Crippen molar-refractivity contribution in [2.24, 2.45) is 5.10 Å². The molecule has 2 rings (SSSR count). The van der Waals surface area contributed by atoms with Gasteiger partial charge < -0.3 is 0 Å². The van der Waals surface area contributed by atoms with E-state index < -0.39 is 4.92 Å². The van der Waals surface area contributed by atoms with Crippen LogP contribution >= 0.6 is 11.3 Å². The minimum Gasteiger partial charge on any atom is -0.267 e. The summed E-state index contributed by atoms with van der Waals surface area (Å²) < 4.78 is 0. The highest BCUT2D eigenvalue weighted by Gasteiger charge is 2.08. The molecule has 19 heavy (non-hydrogen) atoms. The highest BCUT2D eigenvalue weighted by molar-refractivity contribution is 7.16. The van der Waals surface area contributed by atoms with Crippen LogP contribution in [0.15, 0.2) is 41.8 Å². The predicted molar refractivity (Wildman–Crippen MR) is 70.3 cm³/mol. The Balaban J connectivity index is 1.96. The number of pyridine rings is 1. The topological polar surface area (TPSA) is 97.5 Å². The predicted octanol–water partition coefficient (Wildman–Crippen LogP) is 1.82. The first-order valence-electron chi connectivity index (χ1n) is 5.14. The van der Waals surface area contributed by atoms with Crippen LogP contribution in [0.1, 0.15) is 15.2 Å². The summed E-state index contributed by atoms with van der Waals surface area (Å²) in [5, 5.41) is 14.2. The van der Waals surface area contributed by atoms with Crippen LogP contribution in [-0.4, -0.2) is 22.0 Å². The van der Waals surface area contributed by atoms with E-state index in [-0.39, 0.29) is 10.9 Å². The lowest BCUT2D eigenvalue weighted by Crippen LogP contribution is -2.17. The van der Waals surface area contributed by atoms with Gasteiger partial charge in [-0.05, 0) is 18.2 Å². The van der Waals surface area contributed by atoms with Crippen molar-refractivity contribution < 1.29 is 9.72 Å². The highest BCUT2D eigenvalue weighted by Crippen LogP contribution is 2.22. The molecule has 0 atom stereocenters. The van der Waals surface area contributed by atoms with Gasteiger partial charge in [-0.2, -0.15) is 5.10 Å². The molecule has 1 amide bonds. The number of aromatic nitrogens is 1. The van der Waals surface area contributed by atoms with Gasteiger partial charge in [-0.25, -0.2) is 5.43 Å². The van der Waals surface area contributed by atoms with Gasteiger partial charge in [-0.15, -0.1) is 0 Å². The number of amides is 1. The quantitative estimate of drug-likeness (QED) is 0.523. The summed E-state index contributed by atoms with van der Waals surface area (Å²) in [7, 11) is 0. The van der Waals surface area contributed by atoms with Crippen molar-refractivity contribution in [2.45, 2.75) is 0 Å². The molecule has 0 aromatic carbocycles. The SMILES string of the molecule is O=C(N/N=C\c1ccc([N+](=O)[O-])s1)c1ccncc1. The molecule has 0 saturated carbocycles. The molecule has 0 unspecified atom stereocenters. The third-order valence-electron chi connectivity index (χ3n) is 2.09. The monoisotopic (exact) mass is 276 g/mol. The zero-order chi connectivity index (χ0) is 13.7. The van der Waals surface area contributed by atoms with E-state index in [4.69, 9.17) is 0 Å². The minimum atomic E-state index is -0.475. The number of hydrogen-bond donors (Lipinski definition) is 1. The van der Waals surface area contributed by atoms with Gasteiger partial charge in [-0.1, -0.05) is 11.3 Å². The average molecular weight is 276 g/mol. The fourth-order valence-corrected chi connectivity index (χ4v) is 1.93. The van der Waals surface area contributed by atoms with E-state index in [1.165, 1.54) is 24.7 Å². The van der Waals surface area contributed by atoms with E-state index in [0.29, 0.717) is 10.4 Å². The second-order valence-electron chi connectivity index (χ2n) is 3.37. The molecule has 0 radical (unpaired) electrons. The second kappa shape index (κ2) is 5.83. The van der Waals surface area contributed by atoms with E-state index in [0.717, 1.165) is 11.3 Å². The number of hydrogen-bond acceptors (Lipinski definition) is 6. The molecule has 0 aliphatic heterocycles. The van der Waals surface area contributed by atoms with Crippen molar-refractivity contribution >= 4 is 28.5 Å². The van der Waals surface area contributed by atoms with Gasteiger partial charge in [0.25, 0.3) is 5.91 Å². The van der Waals surface area contributed by atoms with Gasteiger partial charge in [0, 0.05) is 24.0 Å². The van der Waals surface area contributed by atoms with E-state index in [2.05, 4.69) is 15.5 Å². The Kier molecular flexibility index (Phi) is 3.94. The van der Waals surface area contributed by atoms with Crippen LogP contribution in [0.4, 0.5) is 5.00 Å². The Hall–Kier alpha value is -2.61. The summed E-state index contributed by atoms with van der Waals surface area (Å²) in [6, 6.07) is 6.06. The maximum Gasteiger partial charge on any atom is 0.324 e. The van der Waals surface area contributed by atoms with Gasteiger partial charge in [0.05, 0.1) is 16.0 Å². The first-order chi connectivity index (χ1) is 9.16. The molecule has 0 aliphatic rings. The van der Waals surface area contributed by atoms with Crippen molar-refractivity contribution in [3.63, 3.8) is 0 Å². The smallest absolute Gasteiger partial charge is 0.267 e. The molecule has 8 heteroatoms. The zero-order valence-electron chi connectivity index (χ0n) is 9.52. The summed E-state index contributed by atoms with van der Waals surface area (Å²) in [4.78, 5) is 26.0. The number of rotatable bonds is 4. The fraction of sp³-hybridized carbons (Fsp3) is 0. The Bertz CT molecular complexity index is 624. The Morgan fingerprint density at radius 3 is 2.74 bits per heavy atom. The molecule has 2 heterocycles. The van der Waals surface area contributed by atoms with Crippen molar-refractivity contribution in [1.29, 1.82) is 0 Å². The van der Waals surface area contributed by atoms with Crippen LogP contribution in [0.2, 0.25) is 0 Å². The number of nitrogens with one attached hydrogen (secondary N) is 1. The van der Waals surface area contributed by atoms with Crippen LogP contribution in [-0.2, 0) is 0 Å². The maximum atomic E-state index is 11.6. The van der Waals surface area contributed by atoms with Gasteiger partial charge in [-0.3, -0.25) is 19.9 Å². The normalized spacial score (nSPS) is 10.5. The standard InChI is InChI=1S/C11H8N4O3S/c16-11(8-3-5-12-6-4-8)14-13-7-9-1-2-10(19-9)15(17)18/h1-7H,(H,14,16)/b13-7-. The molecular weight excluding hydrogens is 268 g/mol. The number of nitrogens with zero attached hydrogens (tertiary/aromatic N) is 3. The molecule has 0 spiro atoms. The first-order valence-corrected chi connectivity index (χ1v) is 5.96. The maximum absolute atomic E-state index is 11.6. The van der Waals surface area contributed by atoms with Crippen LogP contribution < -0.4 is 5.43 Å². The van der Waals surface area contributed by atoms with Gasteiger partial charge >= 0.3 is 5.00 Å². The molecule has 1 N–H and O–H groups in total. The van der Waals surface area contributed by atoms with Crippen molar-refractivity contribution in [2.75, 3.05) is 0 Å². The third kappa shape index (κ3) is 3.42. The Labute approximate surface area is 111 Å². The largest absolute Gasteiger partial charge is 0.324 e. The van der Waals surface area contributed by atoms with E-state index in [1.54, 1.807) is 18.2 Å². The molecule has 0 bridgehead atoms. The summed E-state index contributed by atoms with van der Waals surface area (Å²) in [5.41, 5.74) is 2.76. The highest BCUT2D eigenvalue weighted by atomic mass is 32.1. The second-order valence-corrected chi connectivity index (χ2v) is 4.46. The molecule has 96 valence electrons. The van der Waals surface area contributed by atoms with Crippen LogP contribution in [0.25, 0.3) is 0 Å². The lowest BCUT2D eigenvalue weighted by molar-refractivity contribution is -0.380. The Morgan fingerprint density at radius 1 is 1.37 bits per heavy atom. The van der Waals surface area contributed by atoms with E-state index >= 15 is 0 Å². The molecule has 2 aromatic heterocycles. The average Bonchev–Trinajstić information content (AvgIpc) is 2.89. The lowest BCUT2D eigenvalue weighted by atomic mass is 10.3. The number of hydrazone groups is 1. The number of thiophene rings is 1. The van der Waals surface area contributed by atoms with E-state index in [9.17, 15) is 14.9 Å². The van der Waals surface area contributed by atoms with Crippen molar-refractivity contribution in [3.05, 3.63) is 57.2 Å². The number of nitro groups is 1. The van der Waals surface area contributed by atoms with Gasteiger partial charge in [0.1, 0.15) is 0 Å². The minimum absolute atomic E-state index is 0.0295. The van der Waals surface area contributed by atoms with Crippen LogP contribution in [0.3, 0.4) is 0 Å². The lowest BCUT2D eigenvalue weighted by Gasteiger charge is -1.97. The third-order valence-corrected chi connectivity index (χ3v) is 3.06. The molecule has 2 aromatic rings. The number of carbonyl (C=O) groups excluding carboxylic acids is 1. The molecule has 0 fully saturated rings. The molecule has 7 nitrogen and oxygen atoms in total. The zero-order valence-corrected chi connectivity index (χ0v) is 10.3. The van der Waals surface area contributed by atoms with Crippen molar-refractivity contribution in [3.8, 4) is 0 Å². The first kappa shape index (κ1) is 12.8. The van der Waals surface area contributed by atoms with Gasteiger partial charge in [0.15, 0.2) is 0 Å². The molecule has 0 saturated heterocycles. The number of carbonyl (C=O) groups is 1. The van der Waals surface area contributed by atoms with Crippen LogP contribution in [0.5, 0.6) is 0 Å². The molecule has 0 aliphatic carbocycles. The fourth-order valence-electron chi connectivity index (χ4n) is 1.23. The van der Waals surface area contributed by atoms with Crippen molar-refractivity contribution in [1.82, 2.24) is 10.4 Å². The molecular formula is C11H8N4O3S. The van der Waals surface area contributed by atoms with Gasteiger partial charge in [0.2, 0.25) is 0 Å². The summed E-state index contributed by atoms with van der Waals surface area (Å²) in [6.07, 6.45) is 4.36. The Morgan fingerprint density at radius 2 is 2.11 bits per heavy atom. The van der Waals surface area contributed by atoms with E-state index in [1.807, 2.05) is 0 Å². The summed E-state index contributed by atoms with van der Waals surface area (Å²) in [6.45, 7) is 0. The van der Waals surface area contributed by atoms with Crippen LogP contribution in [0, 0.1) is 10.1 Å². The summed E-state index contributed by atoms with van der Waals surface area (Å²) >= 11 is 0.979.